The van der Waals surface area contributed by atoms with E-state index in [1.54, 1.807) is 24.3 Å². The third-order valence-electron chi connectivity index (χ3n) is 4.20. The highest BCUT2D eigenvalue weighted by Crippen LogP contribution is 2.37. The molecule has 0 unspecified atom stereocenters. The molecule has 4 nitrogen and oxygen atoms in total. The molecule has 1 aromatic heterocycles. The van der Waals surface area contributed by atoms with Crippen molar-refractivity contribution in [3.05, 3.63) is 78.4 Å². The van der Waals surface area contributed by atoms with Crippen LogP contribution in [0, 0.1) is 5.82 Å². The van der Waals surface area contributed by atoms with Gasteiger partial charge in [0.2, 0.25) is 5.12 Å². The maximum absolute atomic E-state index is 13.9. The predicted octanol–water partition coefficient (Wildman–Crippen LogP) is 4.54. The number of halogens is 1. The van der Waals surface area contributed by atoms with Crippen LogP contribution in [0.25, 0.3) is 10.9 Å². The molecule has 0 N–H and O–H groups in total. The summed E-state index contributed by atoms with van der Waals surface area (Å²) >= 11 is 0.644. The Kier molecular flexibility index (Phi) is 3.69. The molecule has 0 radical (unpaired) electrons. The highest BCUT2D eigenvalue weighted by atomic mass is 32.2. The van der Waals surface area contributed by atoms with Gasteiger partial charge < -0.3 is 4.57 Å². The van der Waals surface area contributed by atoms with Crippen LogP contribution >= 0.6 is 11.8 Å². The molecule has 1 aliphatic rings. The molecule has 0 bridgehead atoms. The van der Waals surface area contributed by atoms with E-state index in [9.17, 15) is 14.0 Å². The van der Waals surface area contributed by atoms with Gasteiger partial charge in [0.1, 0.15) is 5.82 Å². The van der Waals surface area contributed by atoms with Gasteiger partial charge in [-0.15, -0.1) is 0 Å². The third-order valence-corrected chi connectivity index (χ3v) is 4.98. The Bertz CT molecular complexity index is 1040. The average Bonchev–Trinajstić information content (AvgIpc) is 3.11. The van der Waals surface area contributed by atoms with E-state index in [0.29, 0.717) is 29.6 Å². The number of amides is 1. The van der Waals surface area contributed by atoms with Gasteiger partial charge in [0.05, 0.1) is 23.4 Å². The third kappa shape index (κ3) is 2.55. The first-order valence-electron chi connectivity index (χ1n) is 7.62. The molecule has 6 heteroatoms. The van der Waals surface area contributed by atoms with E-state index in [-0.39, 0.29) is 21.9 Å². The maximum atomic E-state index is 13.9. The molecule has 4 rings (SSSR count). The summed E-state index contributed by atoms with van der Waals surface area (Å²) in [7, 11) is 0. The Morgan fingerprint density at radius 2 is 1.84 bits per heavy atom. The van der Waals surface area contributed by atoms with E-state index < -0.39 is 0 Å². The topological polar surface area (TPSA) is 42.3 Å². The van der Waals surface area contributed by atoms with Crippen molar-refractivity contribution in [3.63, 3.8) is 0 Å². The molecule has 124 valence electrons. The Morgan fingerprint density at radius 3 is 2.56 bits per heavy atom. The molecule has 0 atom stereocenters. The van der Waals surface area contributed by atoms with Crippen LogP contribution in [0.15, 0.2) is 67.0 Å². The van der Waals surface area contributed by atoms with Gasteiger partial charge in [-0.25, -0.2) is 4.39 Å². The summed E-state index contributed by atoms with van der Waals surface area (Å²) < 4.78 is 15.8. The molecule has 2 heterocycles. The lowest BCUT2D eigenvalue weighted by atomic mass is 10.2. The molecule has 25 heavy (non-hydrogen) atoms. The van der Waals surface area contributed by atoms with Crippen molar-refractivity contribution < 1.29 is 14.0 Å². The van der Waals surface area contributed by atoms with E-state index in [2.05, 4.69) is 6.58 Å². The normalized spacial score (nSPS) is 14.8. The Hall–Kier alpha value is -2.86. The van der Waals surface area contributed by atoms with Crippen molar-refractivity contribution in [2.45, 2.75) is 6.54 Å². The summed E-state index contributed by atoms with van der Waals surface area (Å²) in [4.78, 5) is 25.2. The largest absolute Gasteiger partial charge is 0.343 e. The van der Waals surface area contributed by atoms with Crippen LogP contribution in [0.1, 0.15) is 5.56 Å². The van der Waals surface area contributed by atoms with E-state index in [4.69, 9.17) is 0 Å². The lowest BCUT2D eigenvalue weighted by Crippen LogP contribution is -2.20. The second-order valence-electron chi connectivity index (χ2n) is 5.68. The number of hydrogen-bond acceptors (Lipinski definition) is 3. The quantitative estimate of drug-likeness (QED) is 0.650. The van der Waals surface area contributed by atoms with Gasteiger partial charge in [0.15, 0.2) is 0 Å². The molecule has 3 aromatic rings. The number of rotatable bonds is 3. The number of aromatic nitrogens is 1. The van der Waals surface area contributed by atoms with Gasteiger partial charge >= 0.3 is 0 Å². The number of carbonyl (C=O) groups is 2. The average molecular weight is 352 g/mol. The van der Waals surface area contributed by atoms with Crippen LogP contribution in [0.2, 0.25) is 0 Å². The summed E-state index contributed by atoms with van der Waals surface area (Å²) in [6, 6.07) is 14.0. The van der Waals surface area contributed by atoms with Crippen LogP contribution in [0.3, 0.4) is 0 Å². The first kappa shape index (κ1) is 15.7. The number of anilines is 1. The van der Waals surface area contributed by atoms with Crippen molar-refractivity contribution >= 4 is 38.7 Å². The fourth-order valence-electron chi connectivity index (χ4n) is 2.98. The fourth-order valence-corrected chi connectivity index (χ4v) is 3.65. The van der Waals surface area contributed by atoms with E-state index in [0.717, 1.165) is 10.9 Å². The van der Waals surface area contributed by atoms with Crippen molar-refractivity contribution in [3.8, 4) is 0 Å². The monoisotopic (exact) mass is 352 g/mol. The minimum atomic E-state index is -0.357. The first-order chi connectivity index (χ1) is 12.1. The van der Waals surface area contributed by atoms with Gasteiger partial charge in [-0.05, 0) is 24.3 Å². The lowest BCUT2D eigenvalue weighted by Gasteiger charge is -2.16. The number of benzene rings is 2. The molecule has 0 saturated carbocycles. The minimum Gasteiger partial charge on any atom is -0.343 e. The lowest BCUT2D eigenvalue weighted by molar-refractivity contribution is -0.107. The summed E-state index contributed by atoms with van der Waals surface area (Å²) in [5.74, 6) is -0.259. The SMILES string of the molecule is C=C1C(=O)SC(=O)N1c1cccc2c1ccn2Cc1ccccc1F. The first-order valence-corrected chi connectivity index (χ1v) is 8.44. The van der Waals surface area contributed by atoms with Crippen LogP contribution < -0.4 is 4.90 Å². The predicted molar refractivity (Wildman–Crippen MR) is 97.1 cm³/mol. The van der Waals surface area contributed by atoms with Gasteiger partial charge in [0.25, 0.3) is 5.24 Å². The van der Waals surface area contributed by atoms with Crippen LogP contribution in [0.4, 0.5) is 14.9 Å². The summed E-state index contributed by atoms with van der Waals surface area (Å²) in [6.45, 7) is 4.09. The van der Waals surface area contributed by atoms with Crippen LogP contribution in [-0.2, 0) is 11.3 Å². The number of nitrogens with zero attached hydrogens (tertiary/aromatic N) is 2. The van der Waals surface area contributed by atoms with Crippen molar-refractivity contribution in [2.24, 2.45) is 0 Å². The zero-order chi connectivity index (χ0) is 17.6. The standard InChI is InChI=1S/C19H13FN2O2S/c1-12-18(23)25-19(24)22(12)17-8-4-7-16-14(17)9-10-21(16)11-13-5-2-3-6-15(13)20/h2-10H,1,11H2. The van der Waals surface area contributed by atoms with E-state index in [1.807, 2.05) is 29.0 Å². The number of hydrogen-bond donors (Lipinski definition) is 0. The number of thioether (sulfide) groups is 1. The zero-order valence-electron chi connectivity index (χ0n) is 13.1. The highest BCUT2D eigenvalue weighted by Gasteiger charge is 2.35. The van der Waals surface area contributed by atoms with Gasteiger partial charge in [-0.3, -0.25) is 14.5 Å². The molecular formula is C19H13FN2O2S. The summed E-state index contributed by atoms with van der Waals surface area (Å²) in [5, 5.41) is 0.112. The molecule has 1 amide bonds. The van der Waals surface area contributed by atoms with Gasteiger partial charge in [-0.1, -0.05) is 30.8 Å². The second kappa shape index (κ2) is 5.89. The highest BCUT2D eigenvalue weighted by molar-refractivity contribution is 8.27. The van der Waals surface area contributed by atoms with E-state index >= 15 is 0 Å². The van der Waals surface area contributed by atoms with Crippen molar-refractivity contribution in [1.82, 2.24) is 4.57 Å². The Balaban J connectivity index is 1.79. The van der Waals surface area contributed by atoms with Crippen molar-refractivity contribution in [1.29, 1.82) is 0 Å². The number of carbonyl (C=O) groups excluding carboxylic acids is 2. The zero-order valence-corrected chi connectivity index (χ0v) is 13.9. The maximum Gasteiger partial charge on any atom is 0.298 e. The summed E-state index contributed by atoms with van der Waals surface area (Å²) in [6.07, 6.45) is 1.85. The van der Waals surface area contributed by atoms with Gasteiger partial charge in [-0.2, -0.15) is 0 Å². The molecule has 0 spiro atoms. The van der Waals surface area contributed by atoms with Gasteiger partial charge in [0, 0.05) is 28.9 Å². The number of fused-ring (bicyclic) bond motifs is 1. The molecular weight excluding hydrogens is 339 g/mol. The fraction of sp³-hybridized carbons (Fsp3) is 0.0526. The van der Waals surface area contributed by atoms with Crippen LogP contribution in [0.5, 0.6) is 0 Å². The molecule has 1 aliphatic heterocycles. The van der Waals surface area contributed by atoms with E-state index in [1.165, 1.54) is 11.0 Å². The second-order valence-corrected chi connectivity index (χ2v) is 6.61. The summed E-state index contributed by atoms with van der Waals surface area (Å²) in [5.41, 5.74) is 2.20. The Morgan fingerprint density at radius 1 is 1.04 bits per heavy atom. The molecule has 1 fully saturated rings. The smallest absolute Gasteiger partial charge is 0.298 e. The Labute approximate surface area is 147 Å². The van der Waals surface area contributed by atoms with Crippen molar-refractivity contribution in [2.75, 3.05) is 4.90 Å². The molecule has 2 aromatic carbocycles. The van der Waals surface area contributed by atoms with Crippen LogP contribution in [-0.4, -0.2) is 14.9 Å². The molecule has 1 saturated heterocycles. The minimum absolute atomic E-state index is 0.157. The molecule has 0 aliphatic carbocycles.